The van der Waals surface area contributed by atoms with Gasteiger partial charge in [0.2, 0.25) is 0 Å². The van der Waals surface area contributed by atoms with Gasteiger partial charge < -0.3 is 0 Å². The van der Waals surface area contributed by atoms with Gasteiger partial charge in [-0.25, -0.2) is 0 Å². The van der Waals surface area contributed by atoms with Crippen molar-refractivity contribution >= 4 is 43.3 Å². The van der Waals surface area contributed by atoms with Gasteiger partial charge in [0.25, 0.3) is 0 Å². The van der Waals surface area contributed by atoms with Gasteiger partial charge in [0.05, 0.1) is 0 Å². The number of fused-ring (bicyclic) bond motifs is 9. The summed E-state index contributed by atoms with van der Waals surface area (Å²) in [6, 6.07) is 38.2. The molecule has 0 amide bonds. The molecular formula is C35H28S2. The summed E-state index contributed by atoms with van der Waals surface area (Å²) >= 11 is 3.90. The second-order valence-corrected chi connectivity index (χ2v) is 12.0. The summed E-state index contributed by atoms with van der Waals surface area (Å²) < 4.78 is 2.85. The van der Waals surface area contributed by atoms with Crippen LogP contribution < -0.4 is 0 Å². The van der Waals surface area contributed by atoms with Crippen LogP contribution in [-0.2, 0) is 6.42 Å². The van der Waals surface area contributed by atoms with Gasteiger partial charge >= 0.3 is 0 Å². The van der Waals surface area contributed by atoms with Gasteiger partial charge in [-0.1, -0.05) is 116 Å². The molecule has 1 aliphatic rings. The highest BCUT2D eigenvalue weighted by Gasteiger charge is 2.29. The Labute approximate surface area is 227 Å². The molecule has 0 atom stereocenters. The van der Waals surface area contributed by atoms with Gasteiger partial charge in [0.1, 0.15) is 0 Å². The van der Waals surface area contributed by atoms with Crippen molar-refractivity contribution in [3.8, 4) is 33.4 Å². The first-order chi connectivity index (χ1) is 18.3. The van der Waals surface area contributed by atoms with E-state index < -0.39 is 0 Å². The number of hydrogen-bond acceptors (Lipinski definition) is 2. The zero-order valence-electron chi connectivity index (χ0n) is 21.0. The SMILES string of the molecule is CCCCCc1c(-c2ccccc2)c2c(c3c1sc1ccccc13)-c1ccccc1Sc1ccccc1-2. The molecule has 5 aromatic carbocycles. The third-order valence-corrected chi connectivity index (χ3v) is 9.93. The van der Waals surface area contributed by atoms with Crippen LogP contribution in [-0.4, -0.2) is 0 Å². The molecule has 2 heteroatoms. The standard InChI is InChI=1S/C35H28S2/c1-2-3-5-19-27-31(23-14-6-4-7-15-23)32-24-16-8-11-20-28(24)36-29-21-12-9-17-25(29)33(32)34-26-18-10-13-22-30(26)37-35(27)34/h4,6-18,20-22H,2-3,5,19H2,1H3. The van der Waals surface area contributed by atoms with Crippen molar-refractivity contribution in [1.82, 2.24) is 0 Å². The Balaban J connectivity index is 1.75. The molecular weight excluding hydrogens is 485 g/mol. The monoisotopic (exact) mass is 512 g/mol. The van der Waals surface area contributed by atoms with Crippen LogP contribution in [0, 0.1) is 0 Å². The molecule has 7 rings (SSSR count). The van der Waals surface area contributed by atoms with Crippen LogP contribution in [0.2, 0.25) is 0 Å². The molecule has 0 unspecified atom stereocenters. The lowest BCUT2D eigenvalue weighted by molar-refractivity contribution is 0.720. The predicted octanol–water partition coefficient (Wildman–Crippen LogP) is 11.3. The van der Waals surface area contributed by atoms with Crippen LogP contribution in [0.5, 0.6) is 0 Å². The van der Waals surface area contributed by atoms with Crippen LogP contribution in [0.1, 0.15) is 31.7 Å². The third-order valence-electron chi connectivity index (χ3n) is 7.55. The summed E-state index contributed by atoms with van der Waals surface area (Å²) in [4.78, 5) is 2.67. The van der Waals surface area contributed by atoms with E-state index in [0.29, 0.717) is 0 Å². The van der Waals surface area contributed by atoms with Crippen molar-refractivity contribution in [1.29, 1.82) is 0 Å². The Kier molecular flexibility index (Phi) is 5.88. The van der Waals surface area contributed by atoms with Gasteiger partial charge in [0, 0.05) is 35.5 Å². The number of thiophene rings is 1. The van der Waals surface area contributed by atoms with Crippen LogP contribution in [0.15, 0.2) is 113 Å². The van der Waals surface area contributed by atoms with Crippen LogP contribution in [0.4, 0.5) is 0 Å². The van der Waals surface area contributed by atoms with E-state index in [-0.39, 0.29) is 0 Å². The van der Waals surface area contributed by atoms with E-state index in [1.165, 1.54) is 88.2 Å². The maximum atomic E-state index is 2.34. The van der Waals surface area contributed by atoms with Crippen LogP contribution >= 0.6 is 23.1 Å². The average Bonchev–Trinajstić information content (AvgIpc) is 3.26. The lowest BCUT2D eigenvalue weighted by Gasteiger charge is -2.22. The van der Waals surface area contributed by atoms with Crippen LogP contribution in [0.25, 0.3) is 53.6 Å². The smallest absolute Gasteiger partial charge is 0.0400 e. The minimum Gasteiger partial charge on any atom is -0.135 e. The molecule has 0 saturated heterocycles. The molecule has 6 aromatic rings. The van der Waals surface area contributed by atoms with E-state index in [9.17, 15) is 0 Å². The Morgan fingerprint density at radius 2 is 1.24 bits per heavy atom. The van der Waals surface area contributed by atoms with Gasteiger partial charge in [-0.15, -0.1) is 11.3 Å². The Morgan fingerprint density at radius 3 is 2.00 bits per heavy atom. The fraction of sp³-hybridized carbons (Fsp3) is 0.143. The highest BCUT2D eigenvalue weighted by molar-refractivity contribution is 7.99. The molecule has 0 radical (unpaired) electrons. The molecule has 0 bridgehead atoms. The van der Waals surface area contributed by atoms with Crippen molar-refractivity contribution in [2.45, 2.75) is 42.4 Å². The first kappa shape index (κ1) is 22.8. The van der Waals surface area contributed by atoms with Gasteiger partial charge in [0.15, 0.2) is 0 Å². The van der Waals surface area contributed by atoms with Gasteiger partial charge in [-0.2, -0.15) is 0 Å². The summed E-state index contributed by atoms with van der Waals surface area (Å²) in [7, 11) is 0. The molecule has 0 N–H and O–H groups in total. The first-order valence-corrected chi connectivity index (χ1v) is 14.9. The van der Waals surface area contributed by atoms with Gasteiger partial charge in [-0.05, 0) is 64.4 Å². The minimum absolute atomic E-state index is 1.10. The highest BCUT2D eigenvalue weighted by atomic mass is 32.2. The molecule has 37 heavy (non-hydrogen) atoms. The molecule has 0 spiro atoms. The van der Waals surface area contributed by atoms with E-state index in [1.807, 2.05) is 23.1 Å². The zero-order chi connectivity index (χ0) is 24.8. The topological polar surface area (TPSA) is 0 Å². The molecule has 1 aliphatic heterocycles. The largest absolute Gasteiger partial charge is 0.135 e. The third kappa shape index (κ3) is 3.74. The maximum absolute atomic E-state index is 2.34. The maximum Gasteiger partial charge on any atom is 0.0400 e. The summed E-state index contributed by atoms with van der Waals surface area (Å²) in [5, 5.41) is 2.82. The number of unbranched alkanes of at least 4 members (excludes halogenated alkanes) is 2. The van der Waals surface area contributed by atoms with E-state index in [1.54, 1.807) is 0 Å². The Bertz CT molecular complexity index is 1760. The molecule has 0 saturated carbocycles. The second kappa shape index (κ2) is 9.52. The lowest BCUT2D eigenvalue weighted by Crippen LogP contribution is -1.99. The number of rotatable bonds is 5. The van der Waals surface area contributed by atoms with E-state index >= 15 is 0 Å². The quantitative estimate of drug-likeness (QED) is 0.207. The summed E-state index contributed by atoms with van der Waals surface area (Å²) in [6.45, 7) is 2.30. The molecule has 0 aliphatic carbocycles. The van der Waals surface area contributed by atoms with Crippen molar-refractivity contribution in [3.63, 3.8) is 0 Å². The normalized spacial score (nSPS) is 12.2. The summed E-state index contributed by atoms with van der Waals surface area (Å²) in [5.41, 5.74) is 9.78. The molecule has 2 heterocycles. The summed E-state index contributed by atoms with van der Waals surface area (Å²) in [6.07, 6.45) is 4.80. The Hall–Kier alpha value is -3.33. The van der Waals surface area contributed by atoms with E-state index in [0.717, 1.165) is 6.42 Å². The lowest BCUT2D eigenvalue weighted by atomic mass is 9.81. The number of hydrogen-bond donors (Lipinski definition) is 0. The summed E-state index contributed by atoms with van der Waals surface area (Å²) in [5.74, 6) is 0. The van der Waals surface area contributed by atoms with E-state index in [4.69, 9.17) is 0 Å². The Morgan fingerprint density at radius 1 is 0.595 bits per heavy atom. The van der Waals surface area contributed by atoms with E-state index in [2.05, 4.69) is 110 Å². The number of benzene rings is 5. The fourth-order valence-corrected chi connectivity index (χ4v) is 8.29. The second-order valence-electron chi connectivity index (χ2n) is 9.82. The average molecular weight is 513 g/mol. The first-order valence-electron chi connectivity index (χ1n) is 13.3. The van der Waals surface area contributed by atoms with Crippen molar-refractivity contribution in [2.24, 2.45) is 0 Å². The van der Waals surface area contributed by atoms with Crippen molar-refractivity contribution in [3.05, 3.63) is 109 Å². The number of aryl methyl sites for hydroxylation is 1. The highest BCUT2D eigenvalue weighted by Crippen LogP contribution is 2.57. The van der Waals surface area contributed by atoms with Crippen LogP contribution in [0.3, 0.4) is 0 Å². The minimum atomic E-state index is 1.10. The van der Waals surface area contributed by atoms with Crippen molar-refractivity contribution < 1.29 is 0 Å². The zero-order valence-corrected chi connectivity index (χ0v) is 22.6. The molecule has 0 fully saturated rings. The van der Waals surface area contributed by atoms with Crippen molar-refractivity contribution in [2.75, 3.05) is 0 Å². The fourth-order valence-electron chi connectivity index (χ4n) is 5.92. The molecule has 0 nitrogen and oxygen atoms in total. The predicted molar refractivity (Wildman–Crippen MR) is 163 cm³/mol. The molecule has 180 valence electrons. The molecule has 1 aromatic heterocycles. The van der Waals surface area contributed by atoms with Gasteiger partial charge in [-0.3, -0.25) is 0 Å².